The Kier molecular flexibility index (Phi) is 7.06. The molecule has 2 N–H and O–H groups in total. The SMILES string of the molecule is CN=C(Br)/C=C(\C)C(=O)Nc1c(Cl)cc(Cl)cc1C(=O)NC. The summed E-state index contributed by atoms with van der Waals surface area (Å²) in [5.41, 5.74) is 0.781. The van der Waals surface area contributed by atoms with E-state index >= 15 is 0 Å². The molecule has 0 aliphatic rings. The number of benzene rings is 1. The van der Waals surface area contributed by atoms with E-state index in [4.69, 9.17) is 23.2 Å². The fourth-order valence-electron chi connectivity index (χ4n) is 1.54. The summed E-state index contributed by atoms with van der Waals surface area (Å²) >= 11 is 15.2. The molecule has 0 saturated carbocycles. The van der Waals surface area contributed by atoms with E-state index in [0.717, 1.165) is 0 Å². The Morgan fingerprint density at radius 2 is 1.95 bits per heavy atom. The minimum Gasteiger partial charge on any atom is -0.355 e. The second-order valence-electron chi connectivity index (χ2n) is 4.22. The van der Waals surface area contributed by atoms with Crippen LogP contribution >= 0.6 is 39.1 Å². The summed E-state index contributed by atoms with van der Waals surface area (Å²) < 4.78 is 0.522. The van der Waals surface area contributed by atoms with Crippen molar-refractivity contribution in [3.05, 3.63) is 39.4 Å². The second-order valence-corrected chi connectivity index (χ2v) is 5.87. The fourth-order valence-corrected chi connectivity index (χ4v) is 2.42. The minimum absolute atomic E-state index is 0.176. The molecule has 0 fully saturated rings. The molecule has 2 amide bonds. The van der Waals surface area contributed by atoms with Crippen molar-refractivity contribution in [2.75, 3.05) is 19.4 Å². The number of carbonyl (C=O) groups is 2. The first-order valence-corrected chi connectivity index (χ1v) is 7.68. The number of halogens is 3. The lowest BCUT2D eigenvalue weighted by atomic mass is 10.1. The van der Waals surface area contributed by atoms with Gasteiger partial charge in [-0.1, -0.05) is 23.2 Å². The Morgan fingerprint density at radius 1 is 1.32 bits per heavy atom. The van der Waals surface area contributed by atoms with E-state index in [9.17, 15) is 9.59 Å². The molecule has 0 aromatic heterocycles. The molecular formula is C14H14BrCl2N3O2. The Bertz CT molecular complexity index is 672. The van der Waals surface area contributed by atoms with Crippen LogP contribution in [-0.2, 0) is 4.79 Å². The zero-order valence-electron chi connectivity index (χ0n) is 12.1. The molecule has 1 aromatic rings. The van der Waals surface area contributed by atoms with Crippen LogP contribution in [-0.4, -0.2) is 30.5 Å². The lowest BCUT2D eigenvalue weighted by molar-refractivity contribution is -0.112. The quantitative estimate of drug-likeness (QED) is 0.591. The van der Waals surface area contributed by atoms with Crippen LogP contribution in [0, 0.1) is 0 Å². The molecule has 1 rings (SSSR count). The van der Waals surface area contributed by atoms with Crippen LogP contribution < -0.4 is 10.6 Å². The van der Waals surface area contributed by atoms with Gasteiger partial charge in [-0.25, -0.2) is 0 Å². The summed E-state index contributed by atoms with van der Waals surface area (Å²) in [5, 5.41) is 5.56. The summed E-state index contributed by atoms with van der Waals surface area (Å²) in [7, 11) is 3.06. The van der Waals surface area contributed by atoms with Crippen LogP contribution in [0.5, 0.6) is 0 Å². The number of amides is 2. The molecule has 118 valence electrons. The number of nitrogens with zero attached hydrogens (tertiary/aromatic N) is 1. The molecule has 8 heteroatoms. The number of carbonyl (C=O) groups excluding carboxylic acids is 2. The van der Waals surface area contributed by atoms with E-state index in [1.807, 2.05) is 0 Å². The van der Waals surface area contributed by atoms with Crippen molar-refractivity contribution in [2.24, 2.45) is 4.99 Å². The van der Waals surface area contributed by atoms with E-state index in [1.165, 1.54) is 19.2 Å². The molecule has 5 nitrogen and oxygen atoms in total. The third-order valence-corrected chi connectivity index (χ3v) is 3.77. The molecule has 0 radical (unpaired) electrons. The van der Waals surface area contributed by atoms with Gasteiger partial charge in [0.25, 0.3) is 11.8 Å². The standard InChI is InChI=1S/C14H14BrCl2N3O2/c1-7(4-11(15)18-2)13(21)20-12-9(14(22)19-3)5-8(16)6-10(12)17/h4-6H,1-3H3,(H,19,22)(H,20,21)/b7-4+,18-11?. The first kappa shape index (κ1) is 18.7. The highest BCUT2D eigenvalue weighted by Gasteiger charge is 2.17. The van der Waals surface area contributed by atoms with E-state index in [1.54, 1.807) is 20.0 Å². The highest BCUT2D eigenvalue weighted by Crippen LogP contribution is 2.30. The second kappa shape index (κ2) is 8.31. The molecular weight excluding hydrogens is 393 g/mol. The maximum absolute atomic E-state index is 12.2. The molecule has 0 unspecified atom stereocenters. The van der Waals surface area contributed by atoms with Gasteiger partial charge in [0.15, 0.2) is 0 Å². The van der Waals surface area contributed by atoms with Crippen LogP contribution in [0.15, 0.2) is 28.8 Å². The van der Waals surface area contributed by atoms with Gasteiger partial charge in [0.05, 0.1) is 16.3 Å². The van der Waals surface area contributed by atoms with Crippen molar-refractivity contribution in [3.63, 3.8) is 0 Å². The van der Waals surface area contributed by atoms with Gasteiger partial charge in [0.2, 0.25) is 0 Å². The Balaban J connectivity index is 3.20. The highest BCUT2D eigenvalue weighted by molar-refractivity contribution is 9.18. The lowest BCUT2D eigenvalue weighted by Crippen LogP contribution is -2.22. The fraction of sp³-hybridized carbons (Fsp3) is 0.214. The summed E-state index contributed by atoms with van der Waals surface area (Å²) in [4.78, 5) is 28.0. The monoisotopic (exact) mass is 405 g/mol. The maximum Gasteiger partial charge on any atom is 0.253 e. The first-order valence-electron chi connectivity index (χ1n) is 6.13. The molecule has 0 spiro atoms. The van der Waals surface area contributed by atoms with Gasteiger partial charge < -0.3 is 10.6 Å². The van der Waals surface area contributed by atoms with Crippen LogP contribution in [0.25, 0.3) is 0 Å². The third kappa shape index (κ3) is 4.83. The molecule has 0 atom stereocenters. The average Bonchev–Trinajstić information content (AvgIpc) is 2.48. The van der Waals surface area contributed by atoms with Crippen molar-refractivity contribution in [2.45, 2.75) is 6.92 Å². The largest absolute Gasteiger partial charge is 0.355 e. The number of anilines is 1. The Hall–Kier alpha value is -1.37. The first-order chi connectivity index (χ1) is 10.3. The number of allylic oxidation sites excluding steroid dienone is 1. The molecule has 0 bridgehead atoms. The summed E-state index contributed by atoms with van der Waals surface area (Å²) in [6.07, 6.45) is 1.55. The van der Waals surface area contributed by atoms with Crippen molar-refractivity contribution < 1.29 is 9.59 Å². The van der Waals surface area contributed by atoms with Crippen molar-refractivity contribution in [1.29, 1.82) is 0 Å². The molecule has 0 saturated heterocycles. The van der Waals surface area contributed by atoms with Crippen LogP contribution in [0.4, 0.5) is 5.69 Å². The smallest absolute Gasteiger partial charge is 0.253 e. The van der Waals surface area contributed by atoms with Crippen LogP contribution in [0.3, 0.4) is 0 Å². The number of aliphatic imine (C=N–C) groups is 1. The third-order valence-electron chi connectivity index (χ3n) is 2.67. The molecule has 0 heterocycles. The highest BCUT2D eigenvalue weighted by atomic mass is 79.9. The maximum atomic E-state index is 12.2. The predicted molar refractivity (Wildman–Crippen MR) is 94.5 cm³/mol. The van der Waals surface area contributed by atoms with Gasteiger partial charge in [-0.2, -0.15) is 0 Å². The van der Waals surface area contributed by atoms with E-state index in [-0.39, 0.29) is 16.3 Å². The molecule has 22 heavy (non-hydrogen) atoms. The van der Waals surface area contributed by atoms with Gasteiger partial charge >= 0.3 is 0 Å². The van der Waals surface area contributed by atoms with E-state index in [2.05, 4.69) is 31.6 Å². The zero-order valence-corrected chi connectivity index (χ0v) is 15.2. The molecule has 0 aliphatic carbocycles. The topological polar surface area (TPSA) is 70.6 Å². The van der Waals surface area contributed by atoms with E-state index < -0.39 is 11.8 Å². The van der Waals surface area contributed by atoms with Crippen molar-refractivity contribution >= 4 is 61.3 Å². The van der Waals surface area contributed by atoms with Gasteiger partial charge in [-0.3, -0.25) is 14.6 Å². The predicted octanol–water partition coefficient (Wildman–Crippen LogP) is 3.66. The van der Waals surface area contributed by atoms with Gasteiger partial charge in [0.1, 0.15) is 4.62 Å². The summed E-state index contributed by atoms with van der Waals surface area (Å²) in [6, 6.07) is 2.89. The van der Waals surface area contributed by atoms with Crippen molar-refractivity contribution in [3.8, 4) is 0 Å². The van der Waals surface area contributed by atoms with E-state index in [0.29, 0.717) is 15.2 Å². The number of nitrogens with one attached hydrogen (secondary N) is 2. The van der Waals surface area contributed by atoms with Gasteiger partial charge in [-0.15, -0.1) is 0 Å². The molecule has 0 aliphatic heterocycles. The van der Waals surface area contributed by atoms with Gasteiger partial charge in [0, 0.05) is 24.7 Å². The summed E-state index contributed by atoms with van der Waals surface area (Å²) in [6.45, 7) is 1.62. The average molecular weight is 407 g/mol. The van der Waals surface area contributed by atoms with Crippen molar-refractivity contribution in [1.82, 2.24) is 5.32 Å². The normalized spacial score (nSPS) is 12.1. The number of hydrogen-bond donors (Lipinski definition) is 2. The Morgan fingerprint density at radius 3 is 2.50 bits per heavy atom. The van der Waals surface area contributed by atoms with Gasteiger partial charge in [-0.05, 0) is 41.1 Å². The Labute approximate surface area is 146 Å². The number of rotatable bonds is 4. The zero-order chi connectivity index (χ0) is 16.9. The minimum atomic E-state index is -0.407. The van der Waals surface area contributed by atoms with Crippen LogP contribution in [0.2, 0.25) is 10.0 Å². The summed E-state index contributed by atoms with van der Waals surface area (Å²) in [5.74, 6) is -0.812. The number of hydrogen-bond acceptors (Lipinski definition) is 3. The van der Waals surface area contributed by atoms with Crippen LogP contribution in [0.1, 0.15) is 17.3 Å². The lowest BCUT2D eigenvalue weighted by Gasteiger charge is -2.13. The molecule has 1 aromatic carbocycles.